The van der Waals surface area contributed by atoms with E-state index in [0.29, 0.717) is 23.0 Å². The molecule has 9 heteroatoms. The van der Waals surface area contributed by atoms with Crippen LogP contribution in [0, 0.1) is 0 Å². The molecule has 3 aromatic carbocycles. The highest BCUT2D eigenvalue weighted by atomic mass is 35.5. The minimum Gasteiger partial charge on any atom is -0.482 e. The highest BCUT2D eigenvalue weighted by Crippen LogP contribution is 2.41. The third kappa shape index (κ3) is 6.44. The van der Waals surface area contributed by atoms with Gasteiger partial charge in [0.1, 0.15) is 5.75 Å². The van der Waals surface area contributed by atoms with Gasteiger partial charge in [0, 0.05) is 22.0 Å². The zero-order valence-electron chi connectivity index (χ0n) is 18.6. The molecule has 1 aliphatic carbocycles. The van der Waals surface area contributed by atoms with E-state index in [1.807, 2.05) is 30.3 Å². The normalized spacial score (nSPS) is 13.3. The maximum absolute atomic E-state index is 12.7. The standard InChI is InChI=1S/C26H23ClF3NO3S/c27-21-13-16(14-31-18-8-6-17(7-9-18)26(28,29)30)5-11-24(21)35-23-12-10-22(34-15-25(32)33)19-3-1-2-4-20(19)23/h5-13,31H,1-4,14-15H2,(H,32,33). The number of anilines is 1. The molecule has 0 fully saturated rings. The molecule has 0 heterocycles. The number of carbonyl (C=O) groups is 1. The summed E-state index contributed by atoms with van der Waals surface area (Å²) < 4.78 is 43.7. The first-order chi connectivity index (χ1) is 16.7. The van der Waals surface area contributed by atoms with E-state index in [1.54, 1.807) is 11.8 Å². The van der Waals surface area contributed by atoms with Crippen molar-refractivity contribution in [2.24, 2.45) is 0 Å². The summed E-state index contributed by atoms with van der Waals surface area (Å²) in [5, 5.41) is 12.6. The number of hydrogen-bond acceptors (Lipinski definition) is 4. The number of halogens is 4. The number of carboxylic acid groups (broad SMARTS) is 1. The fraction of sp³-hybridized carbons (Fsp3) is 0.269. The van der Waals surface area contributed by atoms with E-state index in [2.05, 4.69) is 5.32 Å². The number of aliphatic carboxylic acids is 1. The predicted octanol–water partition coefficient (Wildman–Crippen LogP) is 7.46. The van der Waals surface area contributed by atoms with Gasteiger partial charge in [0.2, 0.25) is 0 Å². The van der Waals surface area contributed by atoms with Crippen LogP contribution in [0.25, 0.3) is 0 Å². The molecule has 0 amide bonds. The summed E-state index contributed by atoms with van der Waals surface area (Å²) in [6.45, 7) is 0.0494. The molecule has 184 valence electrons. The molecule has 0 saturated heterocycles. The van der Waals surface area contributed by atoms with Gasteiger partial charge in [-0.05, 0) is 90.9 Å². The maximum Gasteiger partial charge on any atom is 0.416 e. The van der Waals surface area contributed by atoms with Gasteiger partial charge in [-0.3, -0.25) is 0 Å². The fourth-order valence-electron chi connectivity index (χ4n) is 4.01. The van der Waals surface area contributed by atoms with Crippen molar-refractivity contribution in [3.8, 4) is 5.75 Å². The number of ether oxygens (including phenoxy) is 1. The quantitative estimate of drug-likeness (QED) is 0.322. The van der Waals surface area contributed by atoms with Crippen molar-refractivity contribution < 1.29 is 27.8 Å². The van der Waals surface area contributed by atoms with Crippen molar-refractivity contribution in [2.45, 2.75) is 48.2 Å². The summed E-state index contributed by atoms with van der Waals surface area (Å²) in [4.78, 5) is 12.9. The molecule has 35 heavy (non-hydrogen) atoms. The second kappa shape index (κ2) is 10.8. The summed E-state index contributed by atoms with van der Waals surface area (Å²) in [6, 6.07) is 14.4. The lowest BCUT2D eigenvalue weighted by molar-refractivity contribution is -0.139. The number of fused-ring (bicyclic) bond motifs is 1. The Labute approximate surface area is 210 Å². The van der Waals surface area contributed by atoms with Crippen molar-refractivity contribution >= 4 is 35.0 Å². The highest BCUT2D eigenvalue weighted by Gasteiger charge is 2.29. The Morgan fingerprint density at radius 3 is 2.34 bits per heavy atom. The Balaban J connectivity index is 1.45. The lowest BCUT2D eigenvalue weighted by Gasteiger charge is -2.22. The third-order valence-electron chi connectivity index (χ3n) is 5.72. The van der Waals surface area contributed by atoms with Crippen molar-refractivity contribution in [1.29, 1.82) is 0 Å². The van der Waals surface area contributed by atoms with Gasteiger partial charge in [-0.15, -0.1) is 0 Å². The van der Waals surface area contributed by atoms with Crippen LogP contribution >= 0.6 is 23.4 Å². The van der Waals surface area contributed by atoms with Crippen LogP contribution in [0.5, 0.6) is 5.75 Å². The zero-order chi connectivity index (χ0) is 25.0. The van der Waals surface area contributed by atoms with Gasteiger partial charge in [-0.1, -0.05) is 29.4 Å². The highest BCUT2D eigenvalue weighted by molar-refractivity contribution is 7.99. The van der Waals surface area contributed by atoms with Gasteiger partial charge in [0.15, 0.2) is 6.61 Å². The van der Waals surface area contributed by atoms with Crippen LogP contribution in [0.3, 0.4) is 0 Å². The van der Waals surface area contributed by atoms with E-state index in [9.17, 15) is 18.0 Å². The number of nitrogens with one attached hydrogen (secondary N) is 1. The second-order valence-corrected chi connectivity index (χ2v) is 9.69. The SMILES string of the molecule is O=C(O)COc1ccc(Sc2ccc(CNc3ccc(C(F)(F)F)cc3)cc2Cl)c2c1CCCC2. The summed E-state index contributed by atoms with van der Waals surface area (Å²) in [6.07, 6.45) is -0.516. The summed E-state index contributed by atoms with van der Waals surface area (Å²) in [7, 11) is 0. The number of rotatable bonds is 8. The van der Waals surface area contributed by atoms with Gasteiger partial charge >= 0.3 is 12.1 Å². The molecule has 3 aromatic rings. The zero-order valence-corrected chi connectivity index (χ0v) is 20.2. The molecular formula is C26H23ClF3NO3S. The van der Waals surface area contributed by atoms with Crippen LogP contribution in [0.4, 0.5) is 18.9 Å². The average Bonchev–Trinajstić information content (AvgIpc) is 2.83. The Morgan fingerprint density at radius 2 is 1.69 bits per heavy atom. The smallest absolute Gasteiger partial charge is 0.416 e. The first-order valence-corrected chi connectivity index (χ1v) is 12.3. The molecule has 1 aliphatic rings. The number of alkyl halides is 3. The number of hydrogen-bond donors (Lipinski definition) is 2. The molecule has 0 aromatic heterocycles. The Bertz CT molecular complexity index is 1220. The van der Waals surface area contributed by atoms with E-state index in [0.717, 1.165) is 58.7 Å². The Kier molecular flexibility index (Phi) is 7.82. The average molecular weight is 522 g/mol. The van der Waals surface area contributed by atoms with E-state index < -0.39 is 17.7 Å². The van der Waals surface area contributed by atoms with Gasteiger partial charge < -0.3 is 15.2 Å². The molecule has 0 unspecified atom stereocenters. The van der Waals surface area contributed by atoms with Crippen molar-refractivity contribution in [3.05, 3.63) is 81.9 Å². The predicted molar refractivity (Wildman–Crippen MR) is 131 cm³/mol. The topological polar surface area (TPSA) is 58.6 Å². The van der Waals surface area contributed by atoms with Crippen LogP contribution in [0.2, 0.25) is 5.02 Å². The largest absolute Gasteiger partial charge is 0.482 e. The van der Waals surface area contributed by atoms with Crippen LogP contribution in [-0.4, -0.2) is 17.7 Å². The van der Waals surface area contributed by atoms with Gasteiger partial charge in [0.25, 0.3) is 0 Å². The van der Waals surface area contributed by atoms with Crippen molar-refractivity contribution in [3.63, 3.8) is 0 Å². The van der Waals surface area contributed by atoms with Crippen molar-refractivity contribution in [1.82, 2.24) is 0 Å². The first-order valence-electron chi connectivity index (χ1n) is 11.1. The van der Waals surface area contributed by atoms with Crippen LogP contribution in [-0.2, 0) is 30.4 Å². The summed E-state index contributed by atoms with van der Waals surface area (Å²) in [5.74, 6) is -0.380. The van der Waals surface area contributed by atoms with Gasteiger partial charge in [-0.25, -0.2) is 4.79 Å². The molecule has 0 atom stereocenters. The molecule has 0 radical (unpaired) electrons. The van der Waals surface area contributed by atoms with Gasteiger partial charge in [0.05, 0.1) is 10.6 Å². The first kappa shape index (κ1) is 25.3. The number of carboxylic acids is 1. The fourth-order valence-corrected chi connectivity index (χ4v) is 5.34. The number of benzene rings is 3. The minimum atomic E-state index is -4.36. The van der Waals surface area contributed by atoms with Crippen LogP contribution < -0.4 is 10.1 Å². The van der Waals surface area contributed by atoms with E-state index in [1.165, 1.54) is 17.7 Å². The van der Waals surface area contributed by atoms with E-state index >= 15 is 0 Å². The summed E-state index contributed by atoms with van der Waals surface area (Å²) >= 11 is 8.13. The lowest BCUT2D eigenvalue weighted by Crippen LogP contribution is -2.13. The van der Waals surface area contributed by atoms with E-state index in [4.69, 9.17) is 21.4 Å². The molecule has 0 saturated carbocycles. The van der Waals surface area contributed by atoms with E-state index in [-0.39, 0.29) is 6.61 Å². The molecule has 0 bridgehead atoms. The Hall–Kier alpha value is -2.84. The molecule has 0 spiro atoms. The summed E-state index contributed by atoms with van der Waals surface area (Å²) in [5.41, 5.74) is 3.04. The second-order valence-electron chi connectivity index (χ2n) is 8.20. The minimum absolute atomic E-state index is 0.368. The van der Waals surface area contributed by atoms with Crippen LogP contribution in [0.1, 0.15) is 35.1 Å². The molecule has 2 N–H and O–H groups in total. The van der Waals surface area contributed by atoms with Gasteiger partial charge in [-0.2, -0.15) is 13.2 Å². The molecule has 0 aliphatic heterocycles. The van der Waals surface area contributed by atoms with Crippen LogP contribution in [0.15, 0.2) is 64.4 Å². The van der Waals surface area contributed by atoms with Crippen molar-refractivity contribution in [2.75, 3.05) is 11.9 Å². The lowest BCUT2D eigenvalue weighted by atomic mass is 9.91. The molecular weight excluding hydrogens is 499 g/mol. The Morgan fingerprint density at radius 1 is 1.00 bits per heavy atom. The monoisotopic (exact) mass is 521 g/mol. The molecule has 4 rings (SSSR count). The maximum atomic E-state index is 12.7. The third-order valence-corrected chi connectivity index (χ3v) is 7.33. The molecule has 4 nitrogen and oxygen atoms in total.